The van der Waals surface area contributed by atoms with Gasteiger partial charge in [0.2, 0.25) is 0 Å². The normalized spacial score (nSPS) is 39.0. The van der Waals surface area contributed by atoms with Gasteiger partial charge in [-0.1, -0.05) is 161 Å². The summed E-state index contributed by atoms with van der Waals surface area (Å²) < 4.78 is 6.25. The standard InChI is InChI=1S/C38H53NO2.C30H50O.B2H3/c1-25(2)11-10-12-26(3)29-19-23-38(8)31-17-18-32-35(4,5)33(41-34(40)27-13-15-28(39-9)16-14-27)21-22-36(32,6)30(31)20-24-37(29,38)7;1-20(2)10-9-11-21(3)22-14-18-30(8)24-12-13-25-27(4,5)26(31)16-17-28(25,6)23(24)15-19-29(22,30)7;1-2/h11,13-16,26,29,32-33H,10,12,17-24H2,1-8H3;10,21-22,25-26,31H,9,11-19H2,1-8H3;1H3/q;;-1/t26-,29-,32?,33+,36-,37-,38+;21-,22-,25?,26+,28-,29-,30+;/m11./s1. The second-order valence-corrected chi connectivity index (χ2v) is 29.2. The van der Waals surface area contributed by atoms with Crippen LogP contribution in [0.3, 0.4) is 0 Å². The lowest BCUT2D eigenvalue weighted by Crippen LogP contribution is -2.55. The van der Waals surface area contributed by atoms with Gasteiger partial charge in [-0.2, -0.15) is 7.74 Å². The number of fused-ring (bicyclic) bond motifs is 8. The van der Waals surface area contributed by atoms with Crippen molar-refractivity contribution in [3.63, 3.8) is 0 Å². The van der Waals surface area contributed by atoms with Gasteiger partial charge >= 0.3 is 5.97 Å². The Kier molecular flexibility index (Phi) is 17.4. The van der Waals surface area contributed by atoms with E-state index >= 15 is 0 Å². The van der Waals surface area contributed by atoms with E-state index < -0.39 is 0 Å². The van der Waals surface area contributed by atoms with Crippen LogP contribution in [0.25, 0.3) is 4.85 Å². The van der Waals surface area contributed by atoms with E-state index in [1.54, 1.807) is 29.8 Å². The lowest BCUT2D eigenvalue weighted by Gasteiger charge is -2.62. The average Bonchev–Trinajstić information content (AvgIpc) is 3.80. The van der Waals surface area contributed by atoms with Crippen molar-refractivity contribution < 1.29 is 14.6 Å². The van der Waals surface area contributed by atoms with E-state index in [0.29, 0.717) is 50.2 Å². The number of aliphatic hydroxyl groups is 1. The number of carbonyl (C=O) groups excluding carboxylic acids is 1. The summed E-state index contributed by atoms with van der Waals surface area (Å²) in [5.74, 6) is 4.16. The monoisotopic (exact) mass is 1010 g/mol. The zero-order valence-electron chi connectivity index (χ0n) is 49.5. The molecule has 9 rings (SSSR count). The molecule has 408 valence electrons. The number of carbonyl (C=O) groups is 1. The maximum atomic E-state index is 13.1. The van der Waals surface area contributed by atoms with Gasteiger partial charge in [0.25, 0.3) is 0 Å². The minimum absolute atomic E-state index is 0.0465. The molecule has 2 unspecified atom stereocenters. The third kappa shape index (κ3) is 9.81. The van der Waals surface area contributed by atoms with Gasteiger partial charge < -0.3 is 9.84 Å². The van der Waals surface area contributed by atoms with Crippen molar-refractivity contribution in [3.8, 4) is 0 Å². The van der Waals surface area contributed by atoms with E-state index in [-0.39, 0.29) is 42.2 Å². The first-order valence-corrected chi connectivity index (χ1v) is 29.7. The van der Waals surface area contributed by atoms with Gasteiger partial charge in [-0.25, -0.2) is 9.64 Å². The number of nitrogens with zero attached hydrogens (tertiary/aromatic N) is 1. The van der Waals surface area contributed by atoms with E-state index in [9.17, 15) is 9.90 Å². The van der Waals surface area contributed by atoms with Crippen LogP contribution in [0.1, 0.15) is 250 Å². The zero-order chi connectivity index (χ0) is 54.6. The number of aliphatic hydroxyl groups excluding tert-OH is 1. The molecular formula is C68H106B2NO3-. The van der Waals surface area contributed by atoms with Gasteiger partial charge in [0.15, 0.2) is 5.69 Å². The van der Waals surface area contributed by atoms with Crippen LogP contribution in [-0.2, 0) is 4.74 Å². The topological polar surface area (TPSA) is 50.9 Å². The van der Waals surface area contributed by atoms with Crippen LogP contribution in [-0.4, -0.2) is 38.8 Å². The van der Waals surface area contributed by atoms with E-state index in [1.807, 2.05) is 16.7 Å². The van der Waals surface area contributed by atoms with Crippen molar-refractivity contribution in [2.45, 2.75) is 251 Å². The van der Waals surface area contributed by atoms with Crippen molar-refractivity contribution in [1.29, 1.82) is 0 Å². The van der Waals surface area contributed by atoms with Gasteiger partial charge in [0.1, 0.15) is 6.10 Å². The second kappa shape index (κ2) is 21.8. The van der Waals surface area contributed by atoms with Crippen molar-refractivity contribution in [3.05, 3.63) is 86.8 Å². The first kappa shape index (κ1) is 58.9. The molecule has 0 amide bonds. The number of rotatable bonds is 10. The molecule has 2 radical (unpaired) electrons. The number of esters is 1. The molecule has 1 aromatic rings. The minimum Gasteiger partial charge on any atom is -0.458 e. The molecular weight excluding hydrogens is 900 g/mol. The van der Waals surface area contributed by atoms with E-state index in [2.05, 4.69) is 128 Å². The van der Waals surface area contributed by atoms with Crippen molar-refractivity contribution in [2.75, 3.05) is 0 Å². The average molecular weight is 1010 g/mol. The fourth-order valence-electron chi connectivity index (χ4n) is 20.0. The van der Waals surface area contributed by atoms with Crippen LogP contribution in [0.5, 0.6) is 0 Å². The molecule has 4 saturated carbocycles. The number of ether oxygens (including phenoxy) is 1. The second-order valence-electron chi connectivity index (χ2n) is 29.2. The van der Waals surface area contributed by atoms with Crippen LogP contribution >= 0.6 is 0 Å². The highest BCUT2D eigenvalue weighted by Crippen LogP contribution is 2.74. The first-order valence-electron chi connectivity index (χ1n) is 29.7. The van der Waals surface area contributed by atoms with Gasteiger partial charge in [-0.15, -0.1) is 0 Å². The number of hydrogen-bond acceptors (Lipinski definition) is 3. The Hall–Kier alpha value is -2.77. The Labute approximate surface area is 456 Å². The van der Waals surface area contributed by atoms with E-state index in [0.717, 1.165) is 42.9 Å². The molecule has 8 aliphatic carbocycles. The number of benzene rings is 1. The maximum absolute atomic E-state index is 13.1. The summed E-state index contributed by atoms with van der Waals surface area (Å²) in [7, 11) is 5.00. The lowest BCUT2D eigenvalue weighted by molar-refractivity contribution is -0.104. The highest BCUT2D eigenvalue weighted by atomic mass is 16.5. The Bertz CT molecular complexity index is 2370. The molecule has 0 bridgehead atoms. The van der Waals surface area contributed by atoms with Crippen LogP contribution in [0.15, 0.2) is 69.9 Å². The zero-order valence-corrected chi connectivity index (χ0v) is 49.5. The summed E-state index contributed by atoms with van der Waals surface area (Å²) in [6.45, 7) is 46.4. The minimum atomic E-state index is -0.254. The predicted molar refractivity (Wildman–Crippen MR) is 317 cm³/mol. The summed E-state index contributed by atoms with van der Waals surface area (Å²) in [6.07, 6.45) is 29.7. The summed E-state index contributed by atoms with van der Waals surface area (Å²) >= 11 is 0. The van der Waals surface area contributed by atoms with Crippen molar-refractivity contribution in [2.24, 2.45) is 78.8 Å². The molecule has 4 fully saturated rings. The highest BCUT2D eigenvalue weighted by molar-refractivity contribution is 6.75. The predicted octanol–water partition coefficient (Wildman–Crippen LogP) is 17.8. The summed E-state index contributed by atoms with van der Waals surface area (Å²) in [5.41, 5.74) is 13.4. The fraction of sp³-hybridized carbons (Fsp3) is 0.765. The molecule has 0 aromatic heterocycles. The molecule has 8 aliphatic rings. The maximum Gasteiger partial charge on any atom is 0.338 e. The molecule has 0 aliphatic heterocycles. The molecule has 1 aromatic carbocycles. The van der Waals surface area contributed by atoms with Gasteiger partial charge in [-0.05, 0) is 230 Å². The molecule has 0 saturated heterocycles. The van der Waals surface area contributed by atoms with Crippen LogP contribution in [0, 0.1) is 85.4 Å². The first-order chi connectivity index (χ1) is 34.7. The lowest BCUT2D eigenvalue weighted by atomic mass is 9.43. The Morgan fingerprint density at radius 2 is 1.07 bits per heavy atom. The SMILES string of the molecule is CC(C)=CCC[C@@H](C)[C@H]1CC[C@@]2(C)C3=C(CC[C@]12C)[C@@]1(C)CC[C@H](O)C(C)(C)C1CC3.[B][BH3-].[C-]#[N+]c1ccc(C(=O)O[C@H]2CC[C@]3(C)C4=C(CCC3C2(C)C)[C@]2(C)CC[C@H]([C@H](C)CCC=C(C)C)[C@@]2(C)CC4)cc1. The van der Waals surface area contributed by atoms with E-state index in [1.165, 1.54) is 120 Å². The van der Waals surface area contributed by atoms with Gasteiger partial charge in [0.05, 0.1) is 18.2 Å². The van der Waals surface area contributed by atoms with Crippen molar-refractivity contribution in [1.82, 2.24) is 0 Å². The largest absolute Gasteiger partial charge is 0.458 e. The van der Waals surface area contributed by atoms with Crippen LogP contribution < -0.4 is 0 Å². The highest BCUT2D eigenvalue weighted by Gasteiger charge is 2.65. The molecule has 0 spiro atoms. The molecule has 14 atom stereocenters. The summed E-state index contributed by atoms with van der Waals surface area (Å²) in [6, 6.07) is 6.86. The number of allylic oxidation sites excluding steroid dienone is 8. The Morgan fingerprint density at radius 3 is 1.50 bits per heavy atom. The molecule has 6 heteroatoms. The van der Waals surface area contributed by atoms with Crippen LogP contribution in [0.4, 0.5) is 5.69 Å². The van der Waals surface area contributed by atoms with Crippen LogP contribution in [0.2, 0.25) is 0 Å². The van der Waals surface area contributed by atoms with Crippen molar-refractivity contribution >= 4 is 27.1 Å². The molecule has 1 N–H and O–H groups in total. The van der Waals surface area contributed by atoms with Gasteiger partial charge in [-0.3, -0.25) is 0 Å². The molecule has 0 heterocycles. The number of hydrogen-bond donors (Lipinski definition) is 1. The quantitative estimate of drug-likeness (QED) is 0.110. The summed E-state index contributed by atoms with van der Waals surface area (Å²) in [4.78, 5) is 16.6. The summed E-state index contributed by atoms with van der Waals surface area (Å²) in [5, 5.41) is 10.8. The smallest absolute Gasteiger partial charge is 0.338 e. The molecule has 4 nitrogen and oxygen atoms in total. The molecule has 74 heavy (non-hydrogen) atoms. The third-order valence-corrected chi connectivity index (χ3v) is 24.8. The third-order valence-electron chi connectivity index (χ3n) is 24.8. The Balaban J connectivity index is 0.000000217. The fourth-order valence-corrected chi connectivity index (χ4v) is 20.0. The van der Waals surface area contributed by atoms with Gasteiger partial charge in [0, 0.05) is 5.41 Å². The Morgan fingerprint density at radius 1 is 0.635 bits per heavy atom. The van der Waals surface area contributed by atoms with E-state index in [4.69, 9.17) is 19.0 Å².